The molecular weight excluding hydrogens is 384 g/mol. The molecule has 0 radical (unpaired) electrons. The Morgan fingerprint density at radius 1 is 0.933 bits per heavy atom. The van der Waals surface area contributed by atoms with E-state index in [1.165, 1.54) is 25.0 Å². The third-order valence-electron chi connectivity index (χ3n) is 6.82. The summed E-state index contributed by atoms with van der Waals surface area (Å²) in [7, 11) is 0. The number of carbonyl (C=O) groups is 2. The number of hydrogen-bond acceptors (Lipinski definition) is 5. The van der Waals surface area contributed by atoms with Crippen molar-refractivity contribution >= 4 is 17.5 Å². The van der Waals surface area contributed by atoms with Crippen LogP contribution in [0.25, 0.3) is 0 Å². The standard InChI is InChI=1S/C22H30N4O4/c27-21(18-8-5-9-19(16-18)26(29)30)25-14-12-23(13-15-25)20(17-6-1-2-7-17)22(28)24-10-3-4-11-24/h5,8-9,16-17,20H,1-4,6-7,10-15H2/t20-/m0/s1. The van der Waals surface area contributed by atoms with Gasteiger partial charge in [0.2, 0.25) is 5.91 Å². The minimum atomic E-state index is -0.481. The van der Waals surface area contributed by atoms with Gasteiger partial charge in [0.15, 0.2) is 0 Å². The van der Waals surface area contributed by atoms with Crippen LogP contribution in [0.4, 0.5) is 5.69 Å². The van der Waals surface area contributed by atoms with Gasteiger partial charge < -0.3 is 9.80 Å². The largest absolute Gasteiger partial charge is 0.341 e. The fraction of sp³-hybridized carbons (Fsp3) is 0.636. The highest BCUT2D eigenvalue weighted by Gasteiger charge is 2.39. The van der Waals surface area contributed by atoms with E-state index in [1.54, 1.807) is 17.0 Å². The summed E-state index contributed by atoms with van der Waals surface area (Å²) in [4.78, 5) is 42.8. The maximum Gasteiger partial charge on any atom is 0.270 e. The SMILES string of the molecule is O=C(c1cccc([N+](=O)[O-])c1)N1CCN([C@H](C(=O)N2CCCC2)C2CCCC2)CC1. The number of piperazine rings is 1. The Bertz CT molecular complexity index is 794. The molecule has 1 aliphatic carbocycles. The fourth-order valence-corrected chi connectivity index (χ4v) is 5.19. The Morgan fingerprint density at radius 3 is 2.23 bits per heavy atom. The monoisotopic (exact) mass is 414 g/mol. The number of nitro benzene ring substituents is 1. The quantitative estimate of drug-likeness (QED) is 0.546. The molecule has 162 valence electrons. The summed E-state index contributed by atoms with van der Waals surface area (Å²) in [5.74, 6) is 0.511. The van der Waals surface area contributed by atoms with Crippen LogP contribution in [0.15, 0.2) is 24.3 Å². The second kappa shape index (κ2) is 9.12. The summed E-state index contributed by atoms with van der Waals surface area (Å²) in [6, 6.07) is 5.84. The number of rotatable bonds is 5. The van der Waals surface area contributed by atoms with Gasteiger partial charge in [-0.2, -0.15) is 0 Å². The molecule has 0 spiro atoms. The molecule has 2 saturated heterocycles. The fourth-order valence-electron chi connectivity index (χ4n) is 5.19. The van der Waals surface area contributed by atoms with Crippen LogP contribution in [0.2, 0.25) is 0 Å². The van der Waals surface area contributed by atoms with Gasteiger partial charge in [-0.3, -0.25) is 24.6 Å². The van der Waals surface area contributed by atoms with Gasteiger partial charge >= 0.3 is 0 Å². The highest BCUT2D eigenvalue weighted by molar-refractivity contribution is 5.95. The summed E-state index contributed by atoms with van der Waals surface area (Å²) in [6.07, 6.45) is 6.79. The van der Waals surface area contributed by atoms with E-state index in [9.17, 15) is 19.7 Å². The Hall–Kier alpha value is -2.48. The molecule has 8 heteroatoms. The molecule has 0 aromatic heterocycles. The van der Waals surface area contributed by atoms with Gasteiger partial charge in [-0.1, -0.05) is 18.9 Å². The third-order valence-corrected chi connectivity index (χ3v) is 6.82. The lowest BCUT2D eigenvalue weighted by atomic mass is 9.94. The van der Waals surface area contributed by atoms with Crippen LogP contribution in [0.1, 0.15) is 48.9 Å². The molecule has 0 N–H and O–H groups in total. The zero-order valence-corrected chi connectivity index (χ0v) is 17.4. The molecule has 2 aliphatic heterocycles. The molecule has 3 fully saturated rings. The molecule has 1 saturated carbocycles. The number of hydrogen-bond donors (Lipinski definition) is 0. The zero-order valence-electron chi connectivity index (χ0n) is 17.4. The van der Waals surface area contributed by atoms with Crippen molar-refractivity contribution < 1.29 is 14.5 Å². The van der Waals surface area contributed by atoms with Crippen molar-refractivity contribution in [1.29, 1.82) is 0 Å². The lowest BCUT2D eigenvalue weighted by Gasteiger charge is -2.42. The first-order valence-corrected chi connectivity index (χ1v) is 11.1. The molecule has 0 unspecified atom stereocenters. The number of nitrogens with zero attached hydrogens (tertiary/aromatic N) is 4. The summed E-state index contributed by atoms with van der Waals surface area (Å²) in [5, 5.41) is 11.0. The zero-order chi connectivity index (χ0) is 21.1. The number of carbonyl (C=O) groups excluding carboxylic acids is 2. The average Bonchev–Trinajstić information content (AvgIpc) is 3.48. The number of amides is 2. The van der Waals surface area contributed by atoms with E-state index < -0.39 is 4.92 Å². The second-order valence-electron chi connectivity index (χ2n) is 8.66. The molecule has 1 atom stereocenters. The van der Waals surface area contributed by atoms with E-state index in [2.05, 4.69) is 4.90 Å². The molecule has 4 rings (SSSR count). The minimum absolute atomic E-state index is 0.0688. The van der Waals surface area contributed by atoms with Crippen molar-refractivity contribution in [3.8, 4) is 0 Å². The Kier molecular flexibility index (Phi) is 6.32. The van der Waals surface area contributed by atoms with Crippen LogP contribution in [-0.4, -0.2) is 76.7 Å². The molecule has 2 heterocycles. The van der Waals surface area contributed by atoms with Crippen LogP contribution >= 0.6 is 0 Å². The van der Waals surface area contributed by atoms with Gasteiger partial charge in [0.1, 0.15) is 0 Å². The molecule has 3 aliphatic rings. The highest BCUT2D eigenvalue weighted by Crippen LogP contribution is 2.32. The number of nitro groups is 1. The summed E-state index contributed by atoms with van der Waals surface area (Å²) < 4.78 is 0. The minimum Gasteiger partial charge on any atom is -0.341 e. The summed E-state index contributed by atoms with van der Waals surface area (Å²) in [6.45, 7) is 4.15. The molecule has 1 aromatic rings. The van der Waals surface area contributed by atoms with Crippen molar-refractivity contribution in [2.45, 2.75) is 44.6 Å². The maximum atomic E-state index is 13.3. The molecule has 1 aromatic carbocycles. The van der Waals surface area contributed by atoms with E-state index in [0.717, 1.165) is 38.8 Å². The smallest absolute Gasteiger partial charge is 0.270 e. The predicted molar refractivity (Wildman–Crippen MR) is 112 cm³/mol. The van der Waals surface area contributed by atoms with Crippen LogP contribution in [0.3, 0.4) is 0 Å². The van der Waals surface area contributed by atoms with Crippen molar-refractivity contribution in [2.75, 3.05) is 39.3 Å². The third kappa shape index (κ3) is 4.33. The van der Waals surface area contributed by atoms with E-state index >= 15 is 0 Å². The average molecular weight is 415 g/mol. The molecular formula is C22H30N4O4. The molecule has 0 bridgehead atoms. The lowest BCUT2D eigenvalue weighted by Crippen LogP contribution is -2.58. The molecule has 2 amide bonds. The Labute approximate surface area is 177 Å². The number of non-ortho nitro benzene ring substituents is 1. The van der Waals surface area contributed by atoms with Crippen LogP contribution in [0, 0.1) is 16.0 Å². The highest BCUT2D eigenvalue weighted by atomic mass is 16.6. The van der Waals surface area contributed by atoms with Gasteiger partial charge in [0.05, 0.1) is 11.0 Å². The van der Waals surface area contributed by atoms with Gasteiger partial charge in [-0.25, -0.2) is 0 Å². The van der Waals surface area contributed by atoms with E-state index in [-0.39, 0.29) is 23.5 Å². The van der Waals surface area contributed by atoms with E-state index in [1.807, 2.05) is 4.90 Å². The van der Waals surface area contributed by atoms with Gasteiger partial charge in [0, 0.05) is 57.0 Å². The lowest BCUT2D eigenvalue weighted by molar-refractivity contribution is -0.384. The maximum absolute atomic E-state index is 13.3. The van der Waals surface area contributed by atoms with Crippen LogP contribution < -0.4 is 0 Å². The van der Waals surface area contributed by atoms with Crippen LogP contribution in [-0.2, 0) is 4.79 Å². The van der Waals surface area contributed by atoms with Crippen molar-refractivity contribution in [1.82, 2.24) is 14.7 Å². The topological polar surface area (TPSA) is 87.0 Å². The van der Waals surface area contributed by atoms with Gasteiger partial charge in [-0.15, -0.1) is 0 Å². The second-order valence-corrected chi connectivity index (χ2v) is 8.66. The number of likely N-dealkylation sites (tertiary alicyclic amines) is 1. The van der Waals surface area contributed by atoms with E-state index in [0.29, 0.717) is 37.7 Å². The number of benzene rings is 1. The predicted octanol–water partition coefficient (Wildman–Crippen LogP) is 2.53. The molecule has 30 heavy (non-hydrogen) atoms. The van der Waals surface area contributed by atoms with Crippen LogP contribution in [0.5, 0.6) is 0 Å². The Morgan fingerprint density at radius 2 is 1.60 bits per heavy atom. The first-order chi connectivity index (χ1) is 14.5. The first kappa shape index (κ1) is 20.8. The van der Waals surface area contributed by atoms with Crippen molar-refractivity contribution in [3.05, 3.63) is 39.9 Å². The van der Waals surface area contributed by atoms with Crippen molar-refractivity contribution in [3.63, 3.8) is 0 Å². The first-order valence-electron chi connectivity index (χ1n) is 11.1. The summed E-state index contributed by atoms with van der Waals surface area (Å²) >= 11 is 0. The Balaban J connectivity index is 1.42. The summed E-state index contributed by atoms with van der Waals surface area (Å²) in [5.41, 5.74) is 0.273. The van der Waals surface area contributed by atoms with Gasteiger partial charge in [-0.05, 0) is 37.7 Å². The van der Waals surface area contributed by atoms with Crippen molar-refractivity contribution in [2.24, 2.45) is 5.92 Å². The van der Waals surface area contributed by atoms with Gasteiger partial charge in [0.25, 0.3) is 11.6 Å². The molecule has 8 nitrogen and oxygen atoms in total. The normalized spacial score (nSPS) is 21.7. The van der Waals surface area contributed by atoms with E-state index in [4.69, 9.17) is 0 Å².